The fraction of sp³-hybridized carbons (Fsp3) is 0.462. The largest absolute Gasteiger partial charge is 0.383 e. The van der Waals surface area contributed by atoms with Gasteiger partial charge in [0.15, 0.2) is 5.11 Å². The van der Waals surface area contributed by atoms with Crippen LogP contribution in [0, 0.1) is 0 Å². The first-order valence-corrected chi connectivity index (χ1v) is 6.56. The Hall–Kier alpha value is -0.840. The van der Waals surface area contributed by atoms with Crippen molar-refractivity contribution in [3.05, 3.63) is 34.9 Å². The number of ether oxygens (including phenoxy) is 1. The van der Waals surface area contributed by atoms with Crippen molar-refractivity contribution < 1.29 is 4.74 Å². The summed E-state index contributed by atoms with van der Waals surface area (Å²) < 4.78 is 5.06. The molecule has 18 heavy (non-hydrogen) atoms. The number of halogens is 1. The molecule has 0 aromatic heterocycles. The van der Waals surface area contributed by atoms with E-state index in [0.29, 0.717) is 6.61 Å². The van der Waals surface area contributed by atoms with Crippen molar-refractivity contribution in [2.45, 2.75) is 19.5 Å². The van der Waals surface area contributed by atoms with E-state index in [2.05, 4.69) is 5.32 Å². The van der Waals surface area contributed by atoms with Gasteiger partial charge < -0.3 is 15.0 Å². The summed E-state index contributed by atoms with van der Waals surface area (Å²) in [5.74, 6) is 0. The maximum atomic E-state index is 5.85. The Morgan fingerprint density at radius 2 is 2.06 bits per heavy atom. The Morgan fingerprint density at radius 1 is 1.44 bits per heavy atom. The molecule has 1 N–H and O–H groups in total. The van der Waals surface area contributed by atoms with Crippen LogP contribution < -0.4 is 5.32 Å². The highest BCUT2D eigenvalue weighted by molar-refractivity contribution is 7.80. The maximum absolute atomic E-state index is 5.85. The van der Waals surface area contributed by atoms with Gasteiger partial charge >= 0.3 is 0 Å². The molecule has 0 radical (unpaired) electrons. The van der Waals surface area contributed by atoms with E-state index in [9.17, 15) is 0 Å². The zero-order chi connectivity index (χ0) is 13.5. The Balaban J connectivity index is 2.46. The van der Waals surface area contributed by atoms with Crippen LogP contribution in [0.25, 0.3) is 0 Å². The number of thiocarbonyl (C=S) groups is 1. The standard InChI is InChI=1S/C13H19ClN2OS/c1-10(9-17-3)15-13(18)16(2)8-11-4-6-12(14)7-5-11/h4-7,10H,8-9H2,1-3H3,(H,15,18). The molecule has 0 bridgehead atoms. The molecule has 1 aromatic carbocycles. The molecule has 1 aromatic rings. The minimum atomic E-state index is 0.204. The zero-order valence-corrected chi connectivity index (χ0v) is 12.5. The number of nitrogens with zero attached hydrogens (tertiary/aromatic N) is 1. The summed E-state index contributed by atoms with van der Waals surface area (Å²) in [6.45, 7) is 3.42. The molecule has 5 heteroatoms. The van der Waals surface area contributed by atoms with Crippen LogP contribution in [-0.2, 0) is 11.3 Å². The molecule has 0 saturated carbocycles. The first-order valence-electron chi connectivity index (χ1n) is 5.78. The average molecular weight is 287 g/mol. The lowest BCUT2D eigenvalue weighted by molar-refractivity contribution is 0.178. The van der Waals surface area contributed by atoms with Gasteiger partial charge in [-0.05, 0) is 36.8 Å². The highest BCUT2D eigenvalue weighted by Gasteiger charge is 2.08. The second kappa shape index (κ2) is 7.56. The van der Waals surface area contributed by atoms with Gasteiger partial charge in [-0.1, -0.05) is 23.7 Å². The SMILES string of the molecule is COCC(C)NC(=S)N(C)Cc1ccc(Cl)cc1. The highest BCUT2D eigenvalue weighted by atomic mass is 35.5. The monoisotopic (exact) mass is 286 g/mol. The summed E-state index contributed by atoms with van der Waals surface area (Å²) in [7, 11) is 3.64. The van der Waals surface area contributed by atoms with E-state index in [1.54, 1.807) is 7.11 Å². The van der Waals surface area contributed by atoms with E-state index < -0.39 is 0 Å². The van der Waals surface area contributed by atoms with E-state index in [1.807, 2.05) is 43.1 Å². The highest BCUT2D eigenvalue weighted by Crippen LogP contribution is 2.11. The van der Waals surface area contributed by atoms with Gasteiger partial charge in [0.2, 0.25) is 0 Å². The maximum Gasteiger partial charge on any atom is 0.169 e. The first kappa shape index (κ1) is 15.2. The summed E-state index contributed by atoms with van der Waals surface area (Å²) in [4.78, 5) is 1.99. The van der Waals surface area contributed by atoms with Gasteiger partial charge in [0.05, 0.1) is 6.61 Å². The number of rotatable bonds is 5. The van der Waals surface area contributed by atoms with Gasteiger partial charge in [0.25, 0.3) is 0 Å². The fourth-order valence-corrected chi connectivity index (χ4v) is 1.94. The molecule has 3 nitrogen and oxygen atoms in total. The van der Waals surface area contributed by atoms with E-state index in [0.717, 1.165) is 16.7 Å². The molecule has 1 atom stereocenters. The summed E-state index contributed by atoms with van der Waals surface area (Å²) >= 11 is 11.2. The molecule has 0 aliphatic rings. The molecular formula is C13H19ClN2OS. The van der Waals surface area contributed by atoms with Crippen molar-refractivity contribution in [3.8, 4) is 0 Å². The van der Waals surface area contributed by atoms with Crippen LogP contribution in [0.1, 0.15) is 12.5 Å². The Kier molecular flexibility index (Phi) is 6.39. The van der Waals surface area contributed by atoms with Crippen LogP contribution in [0.4, 0.5) is 0 Å². The van der Waals surface area contributed by atoms with E-state index >= 15 is 0 Å². The zero-order valence-electron chi connectivity index (χ0n) is 10.9. The van der Waals surface area contributed by atoms with Crippen LogP contribution in [0.3, 0.4) is 0 Å². The van der Waals surface area contributed by atoms with Crippen molar-refractivity contribution in [2.24, 2.45) is 0 Å². The van der Waals surface area contributed by atoms with Gasteiger partial charge in [-0.2, -0.15) is 0 Å². The third-order valence-corrected chi connectivity index (χ3v) is 3.15. The molecule has 0 aliphatic carbocycles. The second-order valence-electron chi connectivity index (χ2n) is 4.29. The van der Waals surface area contributed by atoms with Crippen LogP contribution in [0.2, 0.25) is 5.02 Å². The Bertz CT molecular complexity index is 383. The number of hydrogen-bond donors (Lipinski definition) is 1. The van der Waals surface area contributed by atoms with Gasteiger partial charge in [-0.25, -0.2) is 0 Å². The summed E-state index contributed by atoms with van der Waals surface area (Å²) in [5, 5.41) is 4.68. The molecule has 0 spiro atoms. The Labute approximate surface area is 119 Å². The predicted molar refractivity (Wildman–Crippen MR) is 80.0 cm³/mol. The molecule has 0 heterocycles. The third kappa shape index (κ3) is 5.21. The number of nitrogens with one attached hydrogen (secondary N) is 1. The van der Waals surface area contributed by atoms with Gasteiger partial charge in [0, 0.05) is 31.8 Å². The van der Waals surface area contributed by atoms with Gasteiger partial charge in [-0.15, -0.1) is 0 Å². The van der Waals surface area contributed by atoms with Crippen LogP contribution >= 0.6 is 23.8 Å². The number of benzene rings is 1. The van der Waals surface area contributed by atoms with Gasteiger partial charge in [-0.3, -0.25) is 0 Å². The lowest BCUT2D eigenvalue weighted by Gasteiger charge is -2.24. The number of hydrogen-bond acceptors (Lipinski definition) is 2. The van der Waals surface area contributed by atoms with E-state index in [4.69, 9.17) is 28.6 Å². The smallest absolute Gasteiger partial charge is 0.169 e. The lowest BCUT2D eigenvalue weighted by Crippen LogP contribution is -2.43. The molecule has 0 fully saturated rings. The van der Waals surface area contributed by atoms with Crippen LogP contribution in [0.5, 0.6) is 0 Å². The molecule has 0 aliphatic heterocycles. The van der Waals surface area contributed by atoms with E-state index in [1.165, 1.54) is 5.56 Å². The summed E-state index contributed by atoms with van der Waals surface area (Å²) in [6, 6.07) is 7.97. The summed E-state index contributed by atoms with van der Waals surface area (Å²) in [5.41, 5.74) is 1.17. The Morgan fingerprint density at radius 3 is 2.61 bits per heavy atom. The van der Waals surface area contributed by atoms with Crippen molar-refractivity contribution >= 4 is 28.9 Å². The minimum absolute atomic E-state index is 0.204. The second-order valence-corrected chi connectivity index (χ2v) is 5.11. The topological polar surface area (TPSA) is 24.5 Å². The molecule has 100 valence electrons. The molecule has 1 rings (SSSR count). The first-order chi connectivity index (χ1) is 8.52. The molecular weight excluding hydrogens is 268 g/mol. The average Bonchev–Trinajstić information content (AvgIpc) is 2.32. The molecule has 1 unspecified atom stereocenters. The van der Waals surface area contributed by atoms with Crippen molar-refractivity contribution in [2.75, 3.05) is 20.8 Å². The summed E-state index contributed by atoms with van der Waals surface area (Å²) in [6.07, 6.45) is 0. The lowest BCUT2D eigenvalue weighted by atomic mass is 10.2. The van der Waals surface area contributed by atoms with Crippen LogP contribution in [0.15, 0.2) is 24.3 Å². The fourth-order valence-electron chi connectivity index (χ4n) is 1.55. The quantitative estimate of drug-likeness (QED) is 0.841. The van der Waals surface area contributed by atoms with Crippen molar-refractivity contribution in [1.29, 1.82) is 0 Å². The van der Waals surface area contributed by atoms with E-state index in [-0.39, 0.29) is 6.04 Å². The van der Waals surface area contributed by atoms with Crippen LogP contribution in [-0.4, -0.2) is 36.8 Å². The van der Waals surface area contributed by atoms with Crippen molar-refractivity contribution in [3.63, 3.8) is 0 Å². The predicted octanol–water partition coefficient (Wildman–Crippen LogP) is 2.68. The molecule has 0 amide bonds. The normalized spacial score (nSPS) is 12.0. The van der Waals surface area contributed by atoms with Crippen molar-refractivity contribution in [1.82, 2.24) is 10.2 Å². The molecule has 0 saturated heterocycles. The third-order valence-electron chi connectivity index (χ3n) is 2.47. The minimum Gasteiger partial charge on any atom is -0.383 e. The number of methoxy groups -OCH3 is 1. The van der Waals surface area contributed by atoms with Gasteiger partial charge in [0.1, 0.15) is 0 Å².